The number of aryl methyl sites for hydroxylation is 1. The average Bonchev–Trinajstić information content (AvgIpc) is 3.35. The molecule has 1 aromatic carbocycles. The number of carbonyl (C=O) groups excluding carboxylic acids is 1. The van der Waals surface area contributed by atoms with Gasteiger partial charge in [-0.3, -0.25) is 19.3 Å². The fourth-order valence-electron chi connectivity index (χ4n) is 2.43. The van der Waals surface area contributed by atoms with Crippen LogP contribution in [-0.2, 0) is 10.5 Å². The van der Waals surface area contributed by atoms with E-state index >= 15 is 0 Å². The molecule has 8 nitrogen and oxygen atoms in total. The zero-order valence-electron chi connectivity index (χ0n) is 15.2. The number of fused-ring (bicyclic) bond motifs is 1. The van der Waals surface area contributed by atoms with Crippen LogP contribution in [0.3, 0.4) is 0 Å². The molecule has 1 amide bonds. The molecule has 4 rings (SSSR count). The number of benzene rings is 1. The van der Waals surface area contributed by atoms with Crippen LogP contribution >= 0.6 is 34.4 Å². The fraction of sp³-hybridized carbons (Fsp3) is 0.167. The van der Waals surface area contributed by atoms with E-state index in [4.69, 9.17) is 4.74 Å². The summed E-state index contributed by atoms with van der Waals surface area (Å²) < 4.78 is 7.71. The third-order valence-corrected chi connectivity index (χ3v) is 6.57. The van der Waals surface area contributed by atoms with Crippen molar-refractivity contribution in [3.63, 3.8) is 0 Å². The quantitative estimate of drug-likeness (QED) is 0.344. The lowest BCUT2D eigenvalue weighted by Crippen LogP contribution is -2.20. The minimum atomic E-state index is -0.307. The molecule has 0 radical (unpaired) electrons. The molecule has 0 fully saturated rings. The average molecular weight is 446 g/mol. The van der Waals surface area contributed by atoms with Crippen molar-refractivity contribution in [2.24, 2.45) is 0 Å². The summed E-state index contributed by atoms with van der Waals surface area (Å²) in [6, 6.07) is 9.01. The number of hydrogen-bond donors (Lipinski definition) is 1. The first-order chi connectivity index (χ1) is 14.1. The molecule has 3 aromatic heterocycles. The van der Waals surface area contributed by atoms with Crippen LogP contribution in [0.15, 0.2) is 51.0 Å². The number of nitrogens with zero attached hydrogens (tertiary/aromatic N) is 4. The van der Waals surface area contributed by atoms with Crippen molar-refractivity contribution in [2.45, 2.75) is 17.0 Å². The van der Waals surface area contributed by atoms with Crippen molar-refractivity contribution in [1.29, 1.82) is 0 Å². The first-order valence-corrected chi connectivity index (χ1v) is 11.2. The molecule has 0 aliphatic heterocycles. The first-order valence-electron chi connectivity index (χ1n) is 8.49. The number of hydrogen-bond acceptors (Lipinski definition) is 9. The van der Waals surface area contributed by atoms with Gasteiger partial charge in [-0.05, 0) is 18.6 Å². The highest BCUT2D eigenvalue weighted by Crippen LogP contribution is 2.28. The van der Waals surface area contributed by atoms with Crippen LogP contribution in [0, 0.1) is 6.92 Å². The predicted octanol–water partition coefficient (Wildman–Crippen LogP) is 3.23. The summed E-state index contributed by atoms with van der Waals surface area (Å²) in [5.41, 5.74) is 1.53. The number of carbonyl (C=O) groups is 1. The highest BCUT2D eigenvalue weighted by Gasteiger charge is 2.11. The van der Waals surface area contributed by atoms with E-state index in [-0.39, 0.29) is 18.1 Å². The first kappa shape index (κ1) is 19.6. The lowest BCUT2D eigenvalue weighted by molar-refractivity contribution is -0.118. The molecule has 0 atom stereocenters. The van der Waals surface area contributed by atoms with Gasteiger partial charge in [0.15, 0.2) is 15.9 Å². The van der Waals surface area contributed by atoms with Gasteiger partial charge < -0.3 is 4.74 Å². The summed E-state index contributed by atoms with van der Waals surface area (Å²) in [5.74, 6) is 0.851. The largest absolute Gasteiger partial charge is 0.483 e. The van der Waals surface area contributed by atoms with Crippen molar-refractivity contribution in [2.75, 3.05) is 11.9 Å². The van der Waals surface area contributed by atoms with Crippen LogP contribution in [-0.4, -0.2) is 32.1 Å². The summed E-state index contributed by atoms with van der Waals surface area (Å²) in [5, 5.41) is 12.9. The summed E-state index contributed by atoms with van der Waals surface area (Å²) in [4.78, 5) is 29.2. The van der Waals surface area contributed by atoms with Gasteiger partial charge in [-0.25, -0.2) is 4.98 Å². The van der Waals surface area contributed by atoms with Gasteiger partial charge in [-0.1, -0.05) is 41.3 Å². The van der Waals surface area contributed by atoms with Crippen LogP contribution in [0.5, 0.6) is 5.75 Å². The molecular weight excluding hydrogens is 430 g/mol. The Balaban J connectivity index is 1.31. The molecule has 0 saturated heterocycles. The lowest BCUT2D eigenvalue weighted by Gasteiger charge is -2.07. The van der Waals surface area contributed by atoms with E-state index in [1.54, 1.807) is 6.20 Å². The number of rotatable bonds is 7. The van der Waals surface area contributed by atoms with Gasteiger partial charge >= 0.3 is 0 Å². The lowest BCUT2D eigenvalue weighted by atomic mass is 10.2. The fourth-order valence-corrected chi connectivity index (χ4v) is 4.83. The number of aromatic nitrogens is 4. The molecule has 3 heterocycles. The zero-order valence-corrected chi connectivity index (χ0v) is 17.6. The van der Waals surface area contributed by atoms with E-state index in [0.29, 0.717) is 31.6 Å². The molecule has 0 bridgehead atoms. The van der Waals surface area contributed by atoms with Crippen LogP contribution < -0.4 is 15.6 Å². The van der Waals surface area contributed by atoms with Crippen molar-refractivity contribution < 1.29 is 9.53 Å². The Bertz CT molecular complexity index is 1220. The third kappa shape index (κ3) is 4.81. The second-order valence-electron chi connectivity index (χ2n) is 5.91. The number of para-hydroxylation sites is 1. The maximum atomic E-state index is 12.1. The molecular formula is C18H15N5O3S3. The molecule has 1 N–H and O–H groups in total. The van der Waals surface area contributed by atoms with Crippen LogP contribution in [0.4, 0.5) is 5.13 Å². The van der Waals surface area contributed by atoms with E-state index in [0.717, 1.165) is 5.56 Å². The summed E-state index contributed by atoms with van der Waals surface area (Å²) in [7, 11) is 0. The van der Waals surface area contributed by atoms with Gasteiger partial charge in [-0.15, -0.1) is 21.5 Å². The summed E-state index contributed by atoms with van der Waals surface area (Å²) in [6.45, 7) is 1.81. The Morgan fingerprint density at radius 2 is 2.17 bits per heavy atom. The Morgan fingerprint density at radius 3 is 3.03 bits per heavy atom. The molecule has 11 heteroatoms. The zero-order chi connectivity index (χ0) is 20.2. The second kappa shape index (κ2) is 8.72. The van der Waals surface area contributed by atoms with Crippen LogP contribution in [0.1, 0.15) is 11.3 Å². The standard InChI is InChI=1S/C18H15N5O3S3/c1-11-4-2-3-5-13(11)26-9-14(24)20-16-21-22-18(29-16)28-10-12-8-15(25)23-6-7-27-17(23)19-12/h2-8H,9-10H2,1H3,(H,20,21,24). The van der Waals surface area contributed by atoms with Gasteiger partial charge in [0, 0.05) is 23.4 Å². The van der Waals surface area contributed by atoms with E-state index in [1.807, 2.05) is 36.6 Å². The van der Waals surface area contributed by atoms with Crippen molar-refractivity contribution in [3.05, 3.63) is 63.5 Å². The number of anilines is 1. The van der Waals surface area contributed by atoms with Gasteiger partial charge in [0.05, 0.1) is 5.69 Å². The van der Waals surface area contributed by atoms with Crippen LogP contribution in [0.25, 0.3) is 4.96 Å². The van der Waals surface area contributed by atoms with E-state index < -0.39 is 0 Å². The van der Waals surface area contributed by atoms with Gasteiger partial charge in [0.1, 0.15) is 5.75 Å². The Morgan fingerprint density at radius 1 is 1.31 bits per heavy atom. The normalized spacial score (nSPS) is 10.9. The Hall–Kier alpha value is -2.76. The van der Waals surface area contributed by atoms with Gasteiger partial charge in [0.2, 0.25) is 5.13 Å². The van der Waals surface area contributed by atoms with E-state index in [2.05, 4.69) is 20.5 Å². The molecule has 4 aromatic rings. The molecule has 29 heavy (non-hydrogen) atoms. The number of thiazole rings is 1. The van der Waals surface area contributed by atoms with E-state index in [9.17, 15) is 9.59 Å². The highest BCUT2D eigenvalue weighted by molar-refractivity contribution is 8.00. The third-order valence-electron chi connectivity index (χ3n) is 3.80. The van der Waals surface area contributed by atoms with E-state index in [1.165, 1.54) is 44.9 Å². The molecule has 0 aliphatic rings. The SMILES string of the molecule is Cc1ccccc1OCC(=O)Nc1nnc(SCc2cc(=O)n3ccsc3n2)s1. The summed E-state index contributed by atoms with van der Waals surface area (Å²) in [6.07, 6.45) is 1.70. The Kier molecular flexibility index (Phi) is 5.88. The predicted molar refractivity (Wildman–Crippen MR) is 114 cm³/mol. The second-order valence-corrected chi connectivity index (χ2v) is 8.98. The van der Waals surface area contributed by atoms with Crippen LogP contribution in [0.2, 0.25) is 0 Å². The number of ether oxygens (including phenoxy) is 1. The van der Waals surface area contributed by atoms with Crippen molar-refractivity contribution >= 4 is 50.4 Å². The van der Waals surface area contributed by atoms with Crippen molar-refractivity contribution in [3.8, 4) is 5.75 Å². The molecule has 148 valence electrons. The van der Waals surface area contributed by atoms with Gasteiger partial charge in [-0.2, -0.15) is 0 Å². The highest BCUT2D eigenvalue weighted by atomic mass is 32.2. The maximum absolute atomic E-state index is 12.1. The number of amides is 1. The topological polar surface area (TPSA) is 98.5 Å². The molecule has 0 spiro atoms. The monoisotopic (exact) mass is 445 g/mol. The maximum Gasteiger partial charge on any atom is 0.264 e. The molecule has 0 unspecified atom stereocenters. The van der Waals surface area contributed by atoms with Gasteiger partial charge in [0.25, 0.3) is 11.5 Å². The Labute approximate surface area is 177 Å². The molecule has 0 saturated carbocycles. The summed E-state index contributed by atoms with van der Waals surface area (Å²) >= 11 is 4.08. The minimum absolute atomic E-state index is 0.106. The molecule has 0 aliphatic carbocycles. The van der Waals surface area contributed by atoms with Crippen molar-refractivity contribution in [1.82, 2.24) is 19.6 Å². The smallest absolute Gasteiger partial charge is 0.264 e. The number of thioether (sulfide) groups is 1. The number of nitrogens with one attached hydrogen (secondary N) is 1. The minimum Gasteiger partial charge on any atom is -0.483 e.